The molecule has 0 radical (unpaired) electrons. The number of nitrogens with one attached hydrogen (secondary N) is 2. The monoisotopic (exact) mass is 600 g/mol. The Morgan fingerprint density at radius 2 is 1.86 bits per heavy atom. The molecule has 0 spiro atoms. The van der Waals surface area contributed by atoms with Crippen LogP contribution in [0, 0.1) is 23.2 Å². The Morgan fingerprint density at radius 3 is 2.61 bits per heavy atom. The van der Waals surface area contributed by atoms with Gasteiger partial charge < -0.3 is 24.7 Å². The summed E-state index contributed by atoms with van der Waals surface area (Å²) in [5.41, 5.74) is 3.08. The predicted octanol–water partition coefficient (Wildman–Crippen LogP) is 6.16. The van der Waals surface area contributed by atoms with E-state index in [1.54, 1.807) is 7.11 Å². The molecule has 236 valence electrons. The number of hydrogen-bond donors (Lipinski definition) is 2. The number of ether oxygens (including phenoxy) is 1. The van der Waals surface area contributed by atoms with Crippen molar-refractivity contribution in [2.45, 2.75) is 109 Å². The number of carbonyl (C=O) groups is 2. The Labute approximate surface area is 263 Å². The normalized spacial score (nSPS) is 29.6. The molecule has 0 aromatic heterocycles. The Morgan fingerprint density at radius 1 is 1.07 bits per heavy atom. The van der Waals surface area contributed by atoms with Gasteiger partial charge in [-0.25, -0.2) is 0 Å². The van der Waals surface area contributed by atoms with Gasteiger partial charge in [-0.15, -0.1) is 0 Å². The first-order chi connectivity index (χ1) is 21.0. The molecule has 5 aliphatic rings. The summed E-state index contributed by atoms with van der Waals surface area (Å²) in [6, 6.07) is 15.3. The molecule has 1 aliphatic heterocycles. The zero-order valence-corrected chi connectivity index (χ0v) is 27.2. The second kappa shape index (κ2) is 12.2. The van der Waals surface area contributed by atoms with Crippen LogP contribution in [0.2, 0.25) is 0 Å². The van der Waals surface area contributed by atoms with Crippen LogP contribution >= 0.6 is 0 Å². The Balaban J connectivity index is 1.19. The first kappa shape index (κ1) is 31.2. The lowest BCUT2D eigenvalue weighted by molar-refractivity contribution is -0.199. The smallest absolute Gasteiger partial charge is 0.481 e. The van der Waals surface area contributed by atoms with E-state index in [0.29, 0.717) is 23.5 Å². The van der Waals surface area contributed by atoms with E-state index in [4.69, 9.17) is 14.0 Å². The minimum Gasteiger partial charge on any atom is -0.497 e. The molecule has 7 nitrogen and oxygen atoms in total. The van der Waals surface area contributed by atoms with Crippen molar-refractivity contribution in [3.05, 3.63) is 65.2 Å². The highest BCUT2D eigenvalue weighted by Gasteiger charge is 2.68. The van der Waals surface area contributed by atoms with Gasteiger partial charge in [0.1, 0.15) is 5.75 Å². The van der Waals surface area contributed by atoms with Gasteiger partial charge in [0.15, 0.2) is 0 Å². The van der Waals surface area contributed by atoms with Gasteiger partial charge in [-0.1, -0.05) is 64.1 Å². The zero-order chi connectivity index (χ0) is 31.2. The van der Waals surface area contributed by atoms with Crippen molar-refractivity contribution in [2.75, 3.05) is 7.11 Å². The number of hydrogen-bond acceptors (Lipinski definition) is 5. The molecule has 1 heterocycles. The molecular formula is C36H49BN2O5. The summed E-state index contributed by atoms with van der Waals surface area (Å²) >= 11 is 0. The van der Waals surface area contributed by atoms with Gasteiger partial charge in [0.2, 0.25) is 11.8 Å². The van der Waals surface area contributed by atoms with Crippen molar-refractivity contribution in [1.29, 1.82) is 0 Å². The number of rotatable bonds is 10. The Bertz CT molecular complexity index is 1380. The topological polar surface area (TPSA) is 85.9 Å². The highest BCUT2D eigenvalue weighted by atomic mass is 16.7. The summed E-state index contributed by atoms with van der Waals surface area (Å²) in [6.45, 7) is 11.2. The van der Waals surface area contributed by atoms with E-state index in [2.05, 4.69) is 57.4 Å². The van der Waals surface area contributed by atoms with E-state index in [1.807, 2.05) is 36.4 Å². The van der Waals surface area contributed by atoms with Crippen molar-refractivity contribution in [1.82, 2.24) is 10.6 Å². The van der Waals surface area contributed by atoms with Crippen molar-refractivity contribution < 1.29 is 23.6 Å². The lowest BCUT2D eigenvalue weighted by Crippen LogP contribution is -2.65. The van der Waals surface area contributed by atoms with Gasteiger partial charge in [0.05, 0.1) is 43.1 Å². The Kier molecular flexibility index (Phi) is 8.61. The van der Waals surface area contributed by atoms with Crippen LogP contribution in [-0.4, -0.2) is 43.7 Å². The third kappa shape index (κ3) is 5.80. The van der Waals surface area contributed by atoms with E-state index in [9.17, 15) is 9.59 Å². The van der Waals surface area contributed by atoms with Crippen LogP contribution in [0.25, 0.3) is 0 Å². The number of amides is 2. The lowest BCUT2D eigenvalue weighted by Gasteiger charge is -2.64. The summed E-state index contributed by atoms with van der Waals surface area (Å²) < 4.78 is 18.9. The van der Waals surface area contributed by atoms with Gasteiger partial charge in [-0.2, -0.15) is 0 Å². The maximum absolute atomic E-state index is 13.9. The minimum atomic E-state index is -0.509. The highest BCUT2D eigenvalue weighted by molar-refractivity contribution is 6.47. The molecule has 4 fully saturated rings. The average molecular weight is 601 g/mol. The molecule has 2 bridgehead atoms. The van der Waals surface area contributed by atoms with Crippen LogP contribution in [0.3, 0.4) is 0 Å². The fourth-order valence-corrected chi connectivity index (χ4v) is 8.68. The fraction of sp³-hybridized carbons (Fsp3) is 0.611. The fourth-order valence-electron chi connectivity index (χ4n) is 8.68. The van der Waals surface area contributed by atoms with Crippen molar-refractivity contribution in [3.63, 3.8) is 0 Å². The summed E-state index contributed by atoms with van der Waals surface area (Å²) in [4.78, 5) is 27.7. The van der Waals surface area contributed by atoms with Gasteiger partial charge in [0.25, 0.3) is 0 Å². The van der Waals surface area contributed by atoms with Gasteiger partial charge in [-0.3, -0.25) is 9.59 Å². The molecular weight excluding hydrogens is 551 g/mol. The molecule has 2 aromatic carbocycles. The maximum atomic E-state index is 13.9. The largest absolute Gasteiger partial charge is 0.497 e. The molecule has 7 rings (SSSR count). The number of aryl methyl sites for hydroxylation is 1. The van der Waals surface area contributed by atoms with Gasteiger partial charge >= 0.3 is 7.12 Å². The van der Waals surface area contributed by atoms with Crippen molar-refractivity contribution in [2.24, 2.45) is 23.2 Å². The summed E-state index contributed by atoms with van der Waals surface area (Å²) in [7, 11) is 1.13. The van der Waals surface area contributed by atoms with Crippen LogP contribution in [0.4, 0.5) is 0 Å². The number of fused-ring (bicyclic) bond motifs is 1. The molecule has 1 saturated heterocycles. The minimum absolute atomic E-state index is 0.0439. The second-order valence-electron chi connectivity index (χ2n) is 14.8. The molecule has 2 aromatic rings. The average Bonchev–Trinajstić information content (AvgIpc) is 3.37. The van der Waals surface area contributed by atoms with Crippen LogP contribution in [-0.2, 0) is 25.3 Å². The van der Waals surface area contributed by atoms with Crippen molar-refractivity contribution >= 4 is 18.9 Å². The highest BCUT2D eigenvalue weighted by Crippen LogP contribution is 2.65. The number of carbonyl (C=O) groups excluding carboxylic acids is 2. The predicted molar refractivity (Wildman–Crippen MR) is 172 cm³/mol. The molecule has 4 aliphatic carbocycles. The van der Waals surface area contributed by atoms with Crippen molar-refractivity contribution in [3.8, 4) is 5.75 Å². The molecule has 7 atom stereocenters. The number of methoxy groups -OCH3 is 1. The zero-order valence-electron chi connectivity index (χ0n) is 27.2. The maximum Gasteiger partial charge on any atom is 0.481 e. The van der Waals surface area contributed by atoms with E-state index in [1.165, 1.54) is 12.0 Å². The summed E-state index contributed by atoms with van der Waals surface area (Å²) in [6.07, 6.45) is 5.85. The van der Waals surface area contributed by atoms with Crippen LogP contribution < -0.4 is 15.4 Å². The molecule has 1 unspecified atom stereocenters. The molecule has 2 N–H and O–H groups in total. The van der Waals surface area contributed by atoms with Crippen LogP contribution in [0.15, 0.2) is 48.5 Å². The third-order valence-electron chi connectivity index (χ3n) is 11.3. The molecule has 3 saturated carbocycles. The lowest BCUT2D eigenvalue weighted by atomic mass is 9.43. The second-order valence-corrected chi connectivity index (χ2v) is 14.8. The Hall–Kier alpha value is -2.84. The first-order valence-electron chi connectivity index (χ1n) is 16.6. The SMILES string of the molecule is COc1cccc(C(CC(=O)N[C@@H](CC(C)C)B2O[C@@H]3C[C@@H]4C[C@@H](C4(C)C)[C@]3(C)O2)NC(=O)[C@H]2CCCc3ccccc32)c1. The van der Waals surface area contributed by atoms with E-state index in [-0.39, 0.29) is 47.2 Å². The van der Waals surface area contributed by atoms with Crippen LogP contribution in [0.5, 0.6) is 5.75 Å². The van der Waals surface area contributed by atoms with Gasteiger partial charge in [0, 0.05) is 0 Å². The van der Waals surface area contributed by atoms with E-state index < -0.39 is 13.2 Å². The molecule has 8 heteroatoms. The summed E-state index contributed by atoms with van der Waals surface area (Å²) in [5, 5.41) is 6.55. The van der Waals surface area contributed by atoms with E-state index in [0.717, 1.165) is 43.2 Å². The standard InChI is InChI=1S/C36H49BN2O5/c1-22(2)17-32(37-43-31-20-25-19-30(35(25,3)4)36(31,5)44-37)39-33(40)21-29(24-13-9-14-26(18-24)42-6)38-34(41)28-16-10-12-23-11-7-8-15-27(23)28/h7-9,11,13-15,18,22,25,28-32H,10,12,16-17,19-21H2,1-6H3,(H,38,41)(H,39,40)/t25-,28-,29?,30-,31+,32-,36-/m0/s1. The number of benzene rings is 2. The molecule has 44 heavy (non-hydrogen) atoms. The molecule has 2 amide bonds. The quantitative estimate of drug-likeness (QED) is 0.319. The third-order valence-corrected chi connectivity index (χ3v) is 11.3. The first-order valence-corrected chi connectivity index (χ1v) is 16.6. The van der Waals surface area contributed by atoms with E-state index >= 15 is 0 Å². The van der Waals surface area contributed by atoms with Gasteiger partial charge in [-0.05, 0) is 97.4 Å². The van der Waals surface area contributed by atoms with Crippen LogP contribution in [0.1, 0.15) is 102 Å². The summed E-state index contributed by atoms with van der Waals surface area (Å²) in [5.74, 6) is 1.45.